The SMILES string of the molecule is O=c1c2nnn(-c3ccccc3)c2nc(S(=O)c2ccc(Cl)cc2)n1-c1ccc(Cl)cc1. The summed E-state index contributed by atoms with van der Waals surface area (Å²) in [6.45, 7) is 0. The molecule has 5 rings (SSSR count). The van der Waals surface area contributed by atoms with Crippen LogP contribution in [0.2, 0.25) is 10.0 Å². The topological polar surface area (TPSA) is 82.7 Å². The summed E-state index contributed by atoms with van der Waals surface area (Å²) in [6, 6.07) is 22.3. The maximum Gasteiger partial charge on any atom is 0.289 e. The standard InChI is InChI=1S/C22H13Cl2N5O2S/c23-14-6-10-16(11-7-14)28-21(30)19-20(29(27-26-19)17-4-2-1-3-5-17)25-22(28)32(31)18-12-8-15(24)9-13-18/h1-13H. The lowest BCUT2D eigenvalue weighted by atomic mass is 10.3. The van der Waals surface area contributed by atoms with Gasteiger partial charge >= 0.3 is 0 Å². The number of aromatic nitrogens is 5. The lowest BCUT2D eigenvalue weighted by Crippen LogP contribution is -2.25. The molecule has 10 heteroatoms. The van der Waals surface area contributed by atoms with Gasteiger partial charge in [-0.3, -0.25) is 9.36 Å². The normalized spacial score (nSPS) is 12.2. The quantitative estimate of drug-likeness (QED) is 0.354. The molecule has 1 atom stereocenters. The van der Waals surface area contributed by atoms with Crippen molar-refractivity contribution >= 4 is 45.2 Å². The number of hydrogen-bond donors (Lipinski definition) is 0. The van der Waals surface area contributed by atoms with Gasteiger partial charge in [0.05, 0.1) is 11.4 Å². The predicted molar refractivity (Wildman–Crippen MR) is 123 cm³/mol. The highest BCUT2D eigenvalue weighted by Gasteiger charge is 2.23. The molecule has 7 nitrogen and oxygen atoms in total. The van der Waals surface area contributed by atoms with Crippen molar-refractivity contribution in [3.63, 3.8) is 0 Å². The number of halogens is 2. The van der Waals surface area contributed by atoms with E-state index >= 15 is 0 Å². The van der Waals surface area contributed by atoms with Crippen LogP contribution in [0.3, 0.4) is 0 Å². The van der Waals surface area contributed by atoms with Crippen LogP contribution in [0.1, 0.15) is 0 Å². The van der Waals surface area contributed by atoms with Crippen molar-refractivity contribution in [3.05, 3.63) is 99.3 Å². The molecule has 0 aliphatic rings. The fraction of sp³-hybridized carbons (Fsp3) is 0. The third kappa shape index (κ3) is 3.62. The smallest absolute Gasteiger partial charge is 0.266 e. The molecule has 3 aromatic carbocycles. The Morgan fingerprint density at radius 2 is 1.41 bits per heavy atom. The van der Waals surface area contributed by atoms with Gasteiger partial charge < -0.3 is 0 Å². The van der Waals surface area contributed by atoms with Crippen molar-refractivity contribution in [3.8, 4) is 11.4 Å². The Balaban J connectivity index is 1.81. The largest absolute Gasteiger partial charge is 0.289 e. The average molecular weight is 482 g/mol. The Kier molecular flexibility index (Phi) is 5.34. The van der Waals surface area contributed by atoms with Crippen LogP contribution < -0.4 is 5.56 Å². The maximum atomic E-state index is 13.6. The number of para-hydroxylation sites is 1. The van der Waals surface area contributed by atoms with Gasteiger partial charge in [0.15, 0.2) is 11.2 Å². The first kappa shape index (κ1) is 20.6. The lowest BCUT2D eigenvalue weighted by molar-refractivity contribution is 0.666. The van der Waals surface area contributed by atoms with Crippen LogP contribution in [-0.2, 0) is 10.8 Å². The summed E-state index contributed by atoms with van der Waals surface area (Å²) in [6.07, 6.45) is 0. The molecule has 0 amide bonds. The van der Waals surface area contributed by atoms with Crippen LogP contribution in [0.4, 0.5) is 0 Å². The zero-order valence-electron chi connectivity index (χ0n) is 16.2. The van der Waals surface area contributed by atoms with Crippen LogP contribution in [-0.4, -0.2) is 28.8 Å². The van der Waals surface area contributed by atoms with Gasteiger partial charge in [0.2, 0.25) is 5.16 Å². The van der Waals surface area contributed by atoms with E-state index in [0.29, 0.717) is 26.3 Å². The van der Waals surface area contributed by atoms with Crippen LogP contribution in [0.15, 0.2) is 93.7 Å². The molecule has 0 N–H and O–H groups in total. The van der Waals surface area contributed by atoms with Gasteiger partial charge in [-0.05, 0) is 60.7 Å². The summed E-state index contributed by atoms with van der Waals surface area (Å²) in [4.78, 5) is 18.5. The number of benzene rings is 3. The Hall–Kier alpha value is -3.33. The summed E-state index contributed by atoms with van der Waals surface area (Å²) in [5.74, 6) is 0. The first-order valence-electron chi connectivity index (χ1n) is 9.40. The monoisotopic (exact) mass is 481 g/mol. The molecule has 0 radical (unpaired) electrons. The van der Waals surface area contributed by atoms with Gasteiger partial charge in [0, 0.05) is 14.9 Å². The van der Waals surface area contributed by atoms with E-state index in [0.717, 1.165) is 0 Å². The summed E-state index contributed by atoms with van der Waals surface area (Å²) >= 11 is 12.0. The minimum atomic E-state index is -1.80. The molecule has 0 aliphatic carbocycles. The number of fused-ring (bicyclic) bond motifs is 1. The first-order valence-corrected chi connectivity index (χ1v) is 11.3. The molecule has 0 spiro atoms. The Morgan fingerprint density at radius 1 is 0.781 bits per heavy atom. The van der Waals surface area contributed by atoms with E-state index < -0.39 is 16.4 Å². The molecule has 0 fully saturated rings. The fourth-order valence-corrected chi connectivity index (χ4v) is 4.57. The van der Waals surface area contributed by atoms with Gasteiger partial charge in [0.25, 0.3) is 5.56 Å². The van der Waals surface area contributed by atoms with Crippen molar-refractivity contribution in [2.24, 2.45) is 0 Å². The molecule has 0 aliphatic heterocycles. The average Bonchev–Trinajstić information content (AvgIpc) is 3.25. The van der Waals surface area contributed by atoms with Gasteiger partial charge in [0.1, 0.15) is 10.8 Å². The van der Waals surface area contributed by atoms with E-state index in [-0.39, 0.29) is 16.3 Å². The number of hydrogen-bond acceptors (Lipinski definition) is 5. The van der Waals surface area contributed by atoms with E-state index in [1.807, 2.05) is 30.3 Å². The van der Waals surface area contributed by atoms with Crippen LogP contribution >= 0.6 is 23.2 Å². The van der Waals surface area contributed by atoms with Crippen molar-refractivity contribution < 1.29 is 4.21 Å². The van der Waals surface area contributed by atoms with Crippen LogP contribution in [0.5, 0.6) is 0 Å². The molecule has 2 heterocycles. The van der Waals surface area contributed by atoms with E-state index in [1.54, 1.807) is 48.5 Å². The summed E-state index contributed by atoms with van der Waals surface area (Å²) in [7, 11) is -1.80. The van der Waals surface area contributed by atoms with Gasteiger partial charge in [-0.25, -0.2) is 4.21 Å². The Bertz CT molecular complexity index is 1520. The molecular formula is C22H13Cl2N5O2S. The summed E-state index contributed by atoms with van der Waals surface area (Å²) in [5, 5.41) is 9.22. The molecule has 2 aromatic heterocycles. The number of rotatable bonds is 4. The van der Waals surface area contributed by atoms with Crippen molar-refractivity contribution in [2.75, 3.05) is 0 Å². The van der Waals surface area contributed by atoms with Crippen molar-refractivity contribution in [2.45, 2.75) is 10.1 Å². The Morgan fingerprint density at radius 3 is 2.06 bits per heavy atom. The van der Waals surface area contributed by atoms with Crippen molar-refractivity contribution in [1.82, 2.24) is 24.5 Å². The second-order valence-corrected chi connectivity index (χ2v) is 8.99. The maximum absolute atomic E-state index is 13.6. The molecule has 32 heavy (non-hydrogen) atoms. The van der Waals surface area contributed by atoms with Crippen LogP contribution in [0, 0.1) is 0 Å². The predicted octanol–water partition coefficient (Wildman–Crippen LogP) is 4.44. The second kappa shape index (κ2) is 8.31. The minimum absolute atomic E-state index is 0.0339. The highest BCUT2D eigenvalue weighted by Crippen LogP contribution is 2.22. The third-order valence-electron chi connectivity index (χ3n) is 4.72. The highest BCUT2D eigenvalue weighted by atomic mass is 35.5. The van der Waals surface area contributed by atoms with E-state index in [4.69, 9.17) is 23.2 Å². The zero-order valence-corrected chi connectivity index (χ0v) is 18.6. The lowest BCUT2D eigenvalue weighted by Gasteiger charge is -2.12. The van der Waals surface area contributed by atoms with Crippen molar-refractivity contribution in [1.29, 1.82) is 0 Å². The molecular weight excluding hydrogens is 469 g/mol. The molecule has 1 unspecified atom stereocenters. The van der Waals surface area contributed by atoms with Gasteiger partial charge in [-0.1, -0.05) is 46.6 Å². The third-order valence-corrected chi connectivity index (χ3v) is 6.53. The van der Waals surface area contributed by atoms with Gasteiger partial charge in [-0.2, -0.15) is 9.67 Å². The van der Waals surface area contributed by atoms with E-state index in [2.05, 4.69) is 15.3 Å². The van der Waals surface area contributed by atoms with E-state index in [1.165, 1.54) is 9.25 Å². The fourth-order valence-electron chi connectivity index (χ4n) is 3.20. The van der Waals surface area contributed by atoms with E-state index in [9.17, 15) is 9.00 Å². The molecule has 158 valence electrons. The summed E-state index contributed by atoms with van der Waals surface area (Å²) < 4.78 is 16.3. The Labute approximate surface area is 194 Å². The minimum Gasteiger partial charge on any atom is -0.266 e. The summed E-state index contributed by atoms with van der Waals surface area (Å²) in [5.41, 5.74) is 0.913. The number of nitrogens with zero attached hydrogens (tertiary/aromatic N) is 5. The molecule has 5 aromatic rings. The molecule has 0 saturated carbocycles. The highest BCUT2D eigenvalue weighted by molar-refractivity contribution is 7.85. The zero-order chi connectivity index (χ0) is 22.2. The second-order valence-electron chi connectivity index (χ2n) is 6.74. The first-order chi connectivity index (χ1) is 15.5. The van der Waals surface area contributed by atoms with Crippen LogP contribution in [0.25, 0.3) is 22.5 Å². The van der Waals surface area contributed by atoms with Gasteiger partial charge in [-0.15, -0.1) is 5.10 Å². The molecule has 0 saturated heterocycles. The molecule has 0 bridgehead atoms.